The third-order valence-corrected chi connectivity index (χ3v) is 8.41. The van der Waals surface area contributed by atoms with Gasteiger partial charge >= 0.3 is 0 Å². The zero-order chi connectivity index (χ0) is 23.9. The second kappa shape index (κ2) is 8.83. The summed E-state index contributed by atoms with van der Waals surface area (Å²) in [5.41, 5.74) is 2.66. The fourth-order valence-electron chi connectivity index (χ4n) is 4.24. The molecule has 2 heterocycles. The van der Waals surface area contributed by atoms with Crippen molar-refractivity contribution in [2.75, 3.05) is 24.0 Å². The molecular weight excluding hydrogens is 474 g/mol. The molecular formula is C28H21N3O2S2. The molecule has 7 heteroatoms. The Kier molecular flexibility index (Phi) is 5.51. The normalized spacial score (nSPS) is 18.6. The SMILES string of the molecule is COc1ccc2c(c1)N(C)/C(=C1\SC(=Nc3cccc4ccccc34)N(c3ccccc3)C1=O)S2. The van der Waals surface area contributed by atoms with Crippen LogP contribution in [0.15, 0.2) is 111 Å². The molecule has 0 bridgehead atoms. The summed E-state index contributed by atoms with van der Waals surface area (Å²) >= 11 is 3.02. The van der Waals surface area contributed by atoms with Crippen LogP contribution in [0.4, 0.5) is 17.1 Å². The minimum Gasteiger partial charge on any atom is -0.497 e. The molecule has 0 N–H and O–H groups in total. The van der Waals surface area contributed by atoms with Crippen LogP contribution in [0.5, 0.6) is 5.75 Å². The lowest BCUT2D eigenvalue weighted by atomic mass is 10.1. The van der Waals surface area contributed by atoms with Gasteiger partial charge < -0.3 is 9.64 Å². The zero-order valence-corrected chi connectivity index (χ0v) is 20.8. The van der Waals surface area contributed by atoms with Crippen molar-refractivity contribution in [3.05, 3.63) is 101 Å². The van der Waals surface area contributed by atoms with Gasteiger partial charge in [-0.1, -0.05) is 66.4 Å². The third kappa shape index (κ3) is 3.77. The highest BCUT2D eigenvalue weighted by Gasteiger charge is 2.40. The van der Waals surface area contributed by atoms with Gasteiger partial charge in [0.2, 0.25) is 0 Å². The molecule has 1 fully saturated rings. The van der Waals surface area contributed by atoms with E-state index in [9.17, 15) is 4.79 Å². The second-order valence-electron chi connectivity index (χ2n) is 8.10. The highest BCUT2D eigenvalue weighted by molar-refractivity contribution is 8.20. The van der Waals surface area contributed by atoms with Gasteiger partial charge in [-0.15, -0.1) is 0 Å². The molecule has 1 amide bonds. The summed E-state index contributed by atoms with van der Waals surface area (Å²) in [7, 11) is 3.65. The van der Waals surface area contributed by atoms with E-state index in [-0.39, 0.29) is 5.91 Å². The first kappa shape index (κ1) is 21.8. The van der Waals surface area contributed by atoms with Gasteiger partial charge in [0, 0.05) is 23.4 Å². The Bertz CT molecular complexity index is 1530. The van der Waals surface area contributed by atoms with Crippen LogP contribution in [0.1, 0.15) is 0 Å². The van der Waals surface area contributed by atoms with E-state index in [2.05, 4.69) is 23.1 Å². The van der Waals surface area contributed by atoms with E-state index in [0.29, 0.717) is 10.1 Å². The number of hydrogen-bond donors (Lipinski definition) is 0. The van der Waals surface area contributed by atoms with Gasteiger partial charge in [0.05, 0.1) is 29.2 Å². The molecule has 4 aromatic rings. The number of amidine groups is 1. The number of methoxy groups -OCH3 is 1. The number of hydrogen-bond acceptors (Lipinski definition) is 6. The van der Waals surface area contributed by atoms with Crippen LogP contribution in [0, 0.1) is 0 Å². The van der Waals surface area contributed by atoms with E-state index < -0.39 is 0 Å². The summed E-state index contributed by atoms with van der Waals surface area (Å²) in [4.78, 5) is 24.4. The number of thioether (sulfide) groups is 2. The lowest BCUT2D eigenvalue weighted by molar-refractivity contribution is -0.113. The summed E-state index contributed by atoms with van der Waals surface area (Å²) in [5, 5.41) is 3.70. The Morgan fingerprint density at radius 2 is 1.63 bits per heavy atom. The molecule has 2 aliphatic rings. The van der Waals surface area contributed by atoms with Crippen molar-refractivity contribution in [2.24, 2.45) is 4.99 Å². The number of nitrogens with zero attached hydrogens (tertiary/aromatic N) is 3. The number of carbonyl (C=O) groups is 1. The van der Waals surface area contributed by atoms with E-state index >= 15 is 0 Å². The highest BCUT2D eigenvalue weighted by Crippen LogP contribution is 2.51. The van der Waals surface area contributed by atoms with Crippen molar-refractivity contribution >= 4 is 62.4 Å². The minimum atomic E-state index is -0.0747. The Labute approximate surface area is 212 Å². The molecule has 0 atom stereocenters. The minimum absolute atomic E-state index is 0.0747. The predicted octanol–water partition coefficient (Wildman–Crippen LogP) is 7.03. The largest absolute Gasteiger partial charge is 0.497 e. The summed E-state index contributed by atoms with van der Waals surface area (Å²) in [6.07, 6.45) is 0. The molecule has 4 aromatic carbocycles. The van der Waals surface area contributed by atoms with Gasteiger partial charge in [0.15, 0.2) is 5.17 Å². The molecule has 35 heavy (non-hydrogen) atoms. The molecule has 5 nitrogen and oxygen atoms in total. The average Bonchev–Trinajstić information content (AvgIpc) is 3.40. The van der Waals surface area contributed by atoms with E-state index in [4.69, 9.17) is 9.73 Å². The highest BCUT2D eigenvalue weighted by atomic mass is 32.2. The first-order valence-corrected chi connectivity index (χ1v) is 12.7. The van der Waals surface area contributed by atoms with Crippen molar-refractivity contribution in [3.63, 3.8) is 0 Å². The molecule has 0 spiro atoms. The lowest BCUT2D eigenvalue weighted by Crippen LogP contribution is -2.29. The van der Waals surface area contributed by atoms with Crippen molar-refractivity contribution < 1.29 is 9.53 Å². The zero-order valence-electron chi connectivity index (χ0n) is 19.1. The van der Waals surface area contributed by atoms with Crippen LogP contribution in [-0.2, 0) is 4.79 Å². The number of fused-ring (bicyclic) bond motifs is 2. The second-order valence-corrected chi connectivity index (χ2v) is 10.1. The maximum atomic E-state index is 13.9. The molecule has 0 unspecified atom stereocenters. The van der Waals surface area contributed by atoms with Crippen LogP contribution >= 0.6 is 23.5 Å². The maximum Gasteiger partial charge on any atom is 0.274 e. The summed E-state index contributed by atoms with van der Waals surface area (Å²) in [5.74, 6) is 0.714. The molecule has 0 aromatic heterocycles. The number of benzene rings is 4. The Balaban J connectivity index is 1.48. The first-order chi connectivity index (χ1) is 17.1. The summed E-state index contributed by atoms with van der Waals surface area (Å²) < 4.78 is 5.41. The Morgan fingerprint density at radius 1 is 0.857 bits per heavy atom. The molecule has 1 saturated heterocycles. The van der Waals surface area contributed by atoms with Gasteiger partial charge in [0.25, 0.3) is 5.91 Å². The van der Waals surface area contributed by atoms with Crippen LogP contribution < -0.4 is 14.5 Å². The average molecular weight is 496 g/mol. The van der Waals surface area contributed by atoms with Gasteiger partial charge in [-0.2, -0.15) is 0 Å². The van der Waals surface area contributed by atoms with Crippen molar-refractivity contribution in [2.45, 2.75) is 4.90 Å². The number of anilines is 2. The smallest absolute Gasteiger partial charge is 0.274 e. The summed E-state index contributed by atoms with van der Waals surface area (Å²) in [6.45, 7) is 0. The molecule has 0 saturated carbocycles. The van der Waals surface area contributed by atoms with Crippen LogP contribution in [0.2, 0.25) is 0 Å². The molecule has 6 rings (SSSR count). The van der Waals surface area contributed by atoms with Gasteiger partial charge in [-0.25, -0.2) is 4.99 Å². The number of ether oxygens (including phenoxy) is 1. The maximum absolute atomic E-state index is 13.9. The topological polar surface area (TPSA) is 45.1 Å². The van der Waals surface area contributed by atoms with Crippen LogP contribution in [0.3, 0.4) is 0 Å². The number of aliphatic imine (C=N–C) groups is 1. The fourth-order valence-corrected chi connectivity index (χ4v) is 6.56. The van der Waals surface area contributed by atoms with Crippen LogP contribution in [0.25, 0.3) is 10.8 Å². The van der Waals surface area contributed by atoms with E-state index in [0.717, 1.165) is 43.5 Å². The summed E-state index contributed by atoms with van der Waals surface area (Å²) in [6, 6.07) is 29.9. The third-order valence-electron chi connectivity index (χ3n) is 6.01. The molecule has 172 valence electrons. The standard InChI is InChI=1S/C28H21N3O2S2/c1-30-23-17-20(33-2)15-16-24(23)34-27(30)25-26(32)31(19-11-4-3-5-12-19)28(35-25)29-22-14-8-10-18-9-6-7-13-21(18)22/h3-17H,1-2H3/b27-25+,29-28?. The molecule has 0 aliphatic carbocycles. The van der Waals surface area contributed by atoms with Gasteiger partial charge in [-0.05, 0) is 47.5 Å². The number of rotatable bonds is 3. The van der Waals surface area contributed by atoms with Crippen molar-refractivity contribution in [1.29, 1.82) is 0 Å². The lowest BCUT2D eigenvalue weighted by Gasteiger charge is -2.17. The number of para-hydroxylation sites is 1. The fraction of sp³-hybridized carbons (Fsp3) is 0.0714. The Hall–Kier alpha value is -3.68. The van der Waals surface area contributed by atoms with Crippen LogP contribution in [-0.4, -0.2) is 25.2 Å². The van der Waals surface area contributed by atoms with E-state index in [1.165, 1.54) is 11.8 Å². The van der Waals surface area contributed by atoms with Gasteiger partial charge in [-0.3, -0.25) is 9.69 Å². The molecule has 0 radical (unpaired) electrons. The number of amides is 1. The van der Waals surface area contributed by atoms with Crippen molar-refractivity contribution in [3.8, 4) is 5.75 Å². The van der Waals surface area contributed by atoms with Gasteiger partial charge in [0.1, 0.15) is 10.7 Å². The quantitative estimate of drug-likeness (QED) is 0.286. The Morgan fingerprint density at radius 3 is 2.46 bits per heavy atom. The van der Waals surface area contributed by atoms with E-state index in [1.807, 2.05) is 79.8 Å². The predicted molar refractivity (Wildman–Crippen MR) is 147 cm³/mol. The number of carbonyl (C=O) groups excluding carboxylic acids is 1. The van der Waals surface area contributed by atoms with Crippen molar-refractivity contribution in [1.82, 2.24) is 0 Å². The first-order valence-electron chi connectivity index (χ1n) is 11.1. The van der Waals surface area contributed by atoms with E-state index in [1.54, 1.807) is 23.8 Å². The molecule has 2 aliphatic heterocycles. The monoisotopic (exact) mass is 495 g/mol.